The average molecular weight is 351 g/mol. The zero-order chi connectivity index (χ0) is 17.3. The highest BCUT2D eigenvalue weighted by Gasteiger charge is 2.29. The molecule has 0 bridgehead atoms. The minimum atomic E-state index is -3.55. The maximum absolute atomic E-state index is 12.6. The molecule has 0 aromatic heterocycles. The van der Waals surface area contributed by atoms with Gasteiger partial charge >= 0.3 is 0 Å². The quantitative estimate of drug-likeness (QED) is 0.746. The Morgan fingerprint density at radius 2 is 1.96 bits per heavy atom. The van der Waals surface area contributed by atoms with E-state index >= 15 is 0 Å². The number of carbonyl (C=O) groups is 1. The van der Waals surface area contributed by atoms with Gasteiger partial charge in [-0.1, -0.05) is 6.07 Å². The first-order valence-corrected chi connectivity index (χ1v) is 10.0. The summed E-state index contributed by atoms with van der Waals surface area (Å²) >= 11 is 0. The summed E-state index contributed by atoms with van der Waals surface area (Å²) in [4.78, 5) is 12.8. The minimum Gasteiger partial charge on any atom is -0.349 e. The Morgan fingerprint density at radius 3 is 2.62 bits per heavy atom. The summed E-state index contributed by atoms with van der Waals surface area (Å²) in [6.07, 6.45) is 3.53. The van der Waals surface area contributed by atoms with Crippen LogP contribution < -0.4 is 15.4 Å². The van der Waals surface area contributed by atoms with Crippen LogP contribution in [0.25, 0.3) is 0 Å². The molecule has 1 saturated heterocycles. The number of aryl methyl sites for hydroxylation is 1. The molecule has 1 saturated carbocycles. The number of piperidine rings is 1. The van der Waals surface area contributed by atoms with E-state index in [0.29, 0.717) is 11.6 Å². The lowest BCUT2D eigenvalue weighted by Crippen LogP contribution is -2.46. The molecule has 1 aromatic rings. The van der Waals surface area contributed by atoms with Gasteiger partial charge in [0.25, 0.3) is 5.91 Å². The fourth-order valence-corrected chi connectivity index (χ4v) is 4.36. The molecule has 24 heavy (non-hydrogen) atoms. The first-order valence-electron chi connectivity index (χ1n) is 8.52. The van der Waals surface area contributed by atoms with Crippen molar-refractivity contribution < 1.29 is 13.2 Å². The lowest BCUT2D eigenvalue weighted by Gasteiger charge is -2.28. The Balaban J connectivity index is 1.76. The predicted octanol–water partition coefficient (Wildman–Crippen LogP) is 1.31. The van der Waals surface area contributed by atoms with Crippen molar-refractivity contribution in [3.8, 4) is 0 Å². The number of carbonyl (C=O) groups excluding carboxylic acids is 1. The van der Waals surface area contributed by atoms with Crippen LogP contribution >= 0.6 is 0 Å². The Hall–Kier alpha value is -1.44. The van der Waals surface area contributed by atoms with Crippen molar-refractivity contribution in [3.63, 3.8) is 0 Å². The highest BCUT2D eigenvalue weighted by Crippen LogP contribution is 2.23. The third kappa shape index (κ3) is 4.15. The van der Waals surface area contributed by atoms with Crippen LogP contribution in [0.3, 0.4) is 0 Å². The Kier molecular flexibility index (Phi) is 4.94. The molecule has 1 aliphatic heterocycles. The number of sulfonamides is 1. The number of rotatable bonds is 5. The van der Waals surface area contributed by atoms with Crippen molar-refractivity contribution in [2.75, 3.05) is 6.54 Å². The normalized spacial score (nSPS) is 24.6. The number of hydrogen-bond acceptors (Lipinski definition) is 4. The fraction of sp³-hybridized carbons (Fsp3) is 0.588. The molecular weight excluding hydrogens is 326 g/mol. The molecular formula is C17H25N3O3S. The van der Waals surface area contributed by atoms with Crippen LogP contribution in [0.4, 0.5) is 0 Å². The van der Waals surface area contributed by atoms with Gasteiger partial charge in [-0.2, -0.15) is 0 Å². The summed E-state index contributed by atoms with van der Waals surface area (Å²) in [5.74, 6) is -0.199. The molecule has 2 aliphatic rings. The van der Waals surface area contributed by atoms with E-state index in [1.54, 1.807) is 12.1 Å². The van der Waals surface area contributed by atoms with Crippen molar-refractivity contribution in [1.82, 2.24) is 15.4 Å². The maximum atomic E-state index is 12.6. The zero-order valence-electron chi connectivity index (χ0n) is 14.1. The number of nitrogens with one attached hydrogen (secondary N) is 3. The number of amides is 1. The fourth-order valence-electron chi connectivity index (χ4n) is 3.03. The second-order valence-electron chi connectivity index (χ2n) is 6.92. The van der Waals surface area contributed by atoms with Crippen LogP contribution in [0.1, 0.15) is 48.5 Å². The van der Waals surface area contributed by atoms with Crippen LogP contribution in [0, 0.1) is 6.92 Å². The molecule has 1 heterocycles. The second-order valence-corrected chi connectivity index (χ2v) is 8.64. The molecule has 3 rings (SSSR count). The van der Waals surface area contributed by atoms with E-state index in [-0.39, 0.29) is 22.9 Å². The maximum Gasteiger partial charge on any atom is 0.251 e. The summed E-state index contributed by atoms with van der Waals surface area (Å²) in [7, 11) is -3.55. The summed E-state index contributed by atoms with van der Waals surface area (Å²) in [6, 6.07) is 5.28. The van der Waals surface area contributed by atoms with Crippen molar-refractivity contribution >= 4 is 15.9 Å². The number of benzene rings is 1. The third-order valence-electron chi connectivity index (χ3n) is 4.62. The molecule has 0 spiro atoms. The zero-order valence-corrected chi connectivity index (χ0v) is 14.9. The first-order chi connectivity index (χ1) is 11.3. The van der Waals surface area contributed by atoms with Crippen LogP contribution in [-0.4, -0.2) is 39.0 Å². The summed E-state index contributed by atoms with van der Waals surface area (Å²) < 4.78 is 27.4. The van der Waals surface area contributed by atoms with Crippen molar-refractivity contribution in [1.29, 1.82) is 0 Å². The Labute approximate surface area is 143 Å². The molecule has 0 radical (unpaired) electrons. The van der Waals surface area contributed by atoms with E-state index in [2.05, 4.69) is 22.3 Å². The molecule has 2 atom stereocenters. The van der Waals surface area contributed by atoms with E-state index < -0.39 is 10.0 Å². The van der Waals surface area contributed by atoms with Crippen LogP contribution in [-0.2, 0) is 10.0 Å². The van der Waals surface area contributed by atoms with Gasteiger partial charge in [0.05, 0.1) is 4.90 Å². The van der Waals surface area contributed by atoms with Gasteiger partial charge in [0.15, 0.2) is 0 Å². The lowest BCUT2D eigenvalue weighted by molar-refractivity contribution is 0.0925. The van der Waals surface area contributed by atoms with Gasteiger partial charge in [0.2, 0.25) is 10.0 Å². The van der Waals surface area contributed by atoms with Gasteiger partial charge in [-0.3, -0.25) is 4.79 Å². The lowest BCUT2D eigenvalue weighted by atomic mass is 9.99. The van der Waals surface area contributed by atoms with Crippen molar-refractivity contribution in [2.45, 2.75) is 62.6 Å². The van der Waals surface area contributed by atoms with Crippen LogP contribution in [0.2, 0.25) is 0 Å². The first kappa shape index (κ1) is 17.4. The van der Waals surface area contributed by atoms with Gasteiger partial charge in [0, 0.05) is 23.7 Å². The topological polar surface area (TPSA) is 87.3 Å². The van der Waals surface area contributed by atoms with E-state index in [0.717, 1.165) is 37.8 Å². The predicted molar refractivity (Wildman–Crippen MR) is 92.5 cm³/mol. The van der Waals surface area contributed by atoms with Crippen molar-refractivity contribution in [3.05, 3.63) is 29.3 Å². The molecule has 132 valence electrons. The summed E-state index contributed by atoms with van der Waals surface area (Å²) in [6.45, 7) is 4.80. The van der Waals surface area contributed by atoms with Crippen molar-refractivity contribution in [2.24, 2.45) is 0 Å². The SMILES string of the molecule is Cc1ccc(S(=O)(=O)NC2CC2)cc1C(=O)NC1CCNC(C)C1. The highest BCUT2D eigenvalue weighted by molar-refractivity contribution is 7.89. The van der Waals surface area contributed by atoms with Crippen LogP contribution in [0.5, 0.6) is 0 Å². The van der Waals surface area contributed by atoms with Crippen LogP contribution in [0.15, 0.2) is 23.1 Å². The molecule has 2 unspecified atom stereocenters. The second kappa shape index (κ2) is 6.82. The highest BCUT2D eigenvalue weighted by atomic mass is 32.2. The van der Waals surface area contributed by atoms with Gasteiger partial charge < -0.3 is 10.6 Å². The molecule has 1 amide bonds. The molecule has 3 N–H and O–H groups in total. The molecule has 1 aliphatic carbocycles. The summed E-state index contributed by atoms with van der Waals surface area (Å²) in [5.41, 5.74) is 1.21. The molecule has 7 heteroatoms. The average Bonchev–Trinajstić information content (AvgIpc) is 3.30. The van der Waals surface area contributed by atoms with Gasteiger partial charge in [-0.25, -0.2) is 13.1 Å². The minimum absolute atomic E-state index is 0.0461. The largest absolute Gasteiger partial charge is 0.349 e. The van der Waals surface area contributed by atoms with Gasteiger partial charge in [0.1, 0.15) is 0 Å². The molecule has 1 aromatic carbocycles. The smallest absolute Gasteiger partial charge is 0.251 e. The third-order valence-corrected chi connectivity index (χ3v) is 6.14. The van der Waals surface area contributed by atoms with E-state index in [1.807, 2.05) is 6.92 Å². The standard InChI is InChI=1S/C17H25N3O3S/c1-11-3-6-15(24(22,23)20-13-4-5-13)10-16(11)17(21)19-14-7-8-18-12(2)9-14/h3,6,10,12-14,18,20H,4-5,7-9H2,1-2H3,(H,19,21). The van der Waals surface area contributed by atoms with E-state index in [4.69, 9.17) is 0 Å². The molecule has 2 fully saturated rings. The van der Waals surface area contributed by atoms with E-state index in [1.165, 1.54) is 6.07 Å². The summed E-state index contributed by atoms with van der Waals surface area (Å²) in [5, 5.41) is 6.39. The van der Waals surface area contributed by atoms with Gasteiger partial charge in [-0.05, 0) is 63.8 Å². The Morgan fingerprint density at radius 1 is 1.21 bits per heavy atom. The Bertz CT molecular complexity index is 729. The molecule has 6 nitrogen and oxygen atoms in total. The number of hydrogen-bond donors (Lipinski definition) is 3. The van der Waals surface area contributed by atoms with E-state index in [9.17, 15) is 13.2 Å². The van der Waals surface area contributed by atoms with Gasteiger partial charge in [-0.15, -0.1) is 0 Å². The monoisotopic (exact) mass is 351 g/mol.